The molecule has 2 fully saturated rings. The van der Waals surface area contributed by atoms with Gasteiger partial charge in [-0.25, -0.2) is 0 Å². The molecule has 0 aromatic rings. The summed E-state index contributed by atoms with van der Waals surface area (Å²) in [6, 6.07) is 0. The largest absolute Gasteiger partial charge is 0.392 e. The third kappa shape index (κ3) is 1.19. The van der Waals surface area contributed by atoms with Gasteiger partial charge in [0.1, 0.15) is 0 Å². The number of hydrogen-bond donors (Lipinski definition) is 0. The van der Waals surface area contributed by atoms with E-state index in [1.807, 2.05) is 0 Å². The van der Waals surface area contributed by atoms with Crippen LogP contribution in [0, 0.1) is 11.8 Å². The minimum absolute atomic E-state index is 0.170. The minimum atomic E-state index is -0.795. The van der Waals surface area contributed by atoms with Gasteiger partial charge < -0.3 is 9.47 Å². The smallest absolute Gasteiger partial charge is 0.328 e. The fraction of sp³-hybridized carbons (Fsp3) is 0.500. The maximum absolute atomic E-state index is 10.7. The number of cyclic esters (lactones) is 4. The Labute approximate surface area is 78.2 Å². The summed E-state index contributed by atoms with van der Waals surface area (Å²) in [5, 5.41) is 0. The summed E-state index contributed by atoms with van der Waals surface area (Å²) in [5.41, 5.74) is 0. The SMILES string of the molecule is O=C1OC(=O)C1CCC1C(=O)OC1=O. The van der Waals surface area contributed by atoms with E-state index in [1.54, 1.807) is 0 Å². The third-order valence-electron chi connectivity index (χ3n) is 2.28. The zero-order valence-electron chi connectivity index (χ0n) is 7.02. The first-order valence-electron chi connectivity index (χ1n) is 4.10. The number of hydrogen-bond acceptors (Lipinski definition) is 6. The molecular formula is C8H6O6. The molecule has 2 saturated heterocycles. The molecule has 0 saturated carbocycles. The summed E-state index contributed by atoms with van der Waals surface area (Å²) >= 11 is 0. The molecule has 0 N–H and O–H groups in total. The molecule has 0 radical (unpaired) electrons. The van der Waals surface area contributed by atoms with Crippen LogP contribution in [0.25, 0.3) is 0 Å². The lowest BCUT2D eigenvalue weighted by Gasteiger charge is -2.25. The van der Waals surface area contributed by atoms with Gasteiger partial charge in [-0.15, -0.1) is 0 Å². The molecule has 0 atom stereocenters. The van der Waals surface area contributed by atoms with E-state index in [4.69, 9.17) is 0 Å². The van der Waals surface area contributed by atoms with Gasteiger partial charge in [-0.05, 0) is 12.8 Å². The number of esters is 4. The predicted octanol–water partition coefficient (Wildman–Crippen LogP) is -0.834. The highest BCUT2D eigenvalue weighted by Crippen LogP contribution is 2.27. The zero-order valence-corrected chi connectivity index (χ0v) is 7.02. The first kappa shape index (κ1) is 8.86. The second-order valence-corrected chi connectivity index (χ2v) is 3.16. The standard InChI is InChI=1S/C8H6O6/c9-5-3(6(10)13-5)1-2-4-7(11)14-8(4)12/h3-4H,1-2H2. The van der Waals surface area contributed by atoms with Crippen molar-refractivity contribution in [1.29, 1.82) is 0 Å². The topological polar surface area (TPSA) is 86.7 Å². The molecule has 0 unspecified atom stereocenters. The number of carbonyl (C=O) groups excluding carboxylic acids is 4. The Bertz CT molecular complexity index is 282. The van der Waals surface area contributed by atoms with Gasteiger partial charge in [-0.1, -0.05) is 0 Å². The van der Waals surface area contributed by atoms with Crippen LogP contribution in [0.2, 0.25) is 0 Å². The molecule has 0 aromatic carbocycles. The molecular weight excluding hydrogens is 192 g/mol. The molecule has 6 heteroatoms. The molecule has 0 spiro atoms. The number of carbonyl (C=O) groups is 4. The van der Waals surface area contributed by atoms with Crippen LogP contribution < -0.4 is 0 Å². The molecule has 2 aliphatic rings. The van der Waals surface area contributed by atoms with Gasteiger partial charge in [-0.2, -0.15) is 0 Å². The molecule has 14 heavy (non-hydrogen) atoms. The average molecular weight is 198 g/mol. The van der Waals surface area contributed by atoms with Gasteiger partial charge in [0.2, 0.25) is 0 Å². The van der Waals surface area contributed by atoms with Crippen molar-refractivity contribution in [2.45, 2.75) is 12.8 Å². The van der Waals surface area contributed by atoms with Crippen molar-refractivity contribution in [3.05, 3.63) is 0 Å². The van der Waals surface area contributed by atoms with Crippen molar-refractivity contribution in [3.63, 3.8) is 0 Å². The second-order valence-electron chi connectivity index (χ2n) is 3.16. The summed E-state index contributed by atoms with van der Waals surface area (Å²) in [6.07, 6.45) is 0.340. The van der Waals surface area contributed by atoms with Crippen LogP contribution in [0.1, 0.15) is 12.8 Å². The maximum atomic E-state index is 10.7. The summed E-state index contributed by atoms with van der Waals surface area (Å²) in [4.78, 5) is 42.7. The van der Waals surface area contributed by atoms with Crippen molar-refractivity contribution < 1.29 is 28.7 Å². The van der Waals surface area contributed by atoms with Crippen molar-refractivity contribution in [2.75, 3.05) is 0 Å². The molecule has 2 aliphatic heterocycles. The minimum Gasteiger partial charge on any atom is -0.392 e. The Balaban J connectivity index is 1.82. The normalized spacial score (nSPS) is 22.6. The average Bonchev–Trinajstić information content (AvgIpc) is 2.12. The van der Waals surface area contributed by atoms with Gasteiger partial charge in [0.25, 0.3) is 0 Å². The first-order chi connectivity index (χ1) is 6.59. The van der Waals surface area contributed by atoms with Crippen LogP contribution in [0.4, 0.5) is 0 Å². The molecule has 6 nitrogen and oxygen atoms in total. The van der Waals surface area contributed by atoms with E-state index >= 15 is 0 Å². The Morgan fingerprint density at radius 1 is 0.714 bits per heavy atom. The van der Waals surface area contributed by atoms with Crippen LogP contribution in [0.5, 0.6) is 0 Å². The van der Waals surface area contributed by atoms with E-state index in [-0.39, 0.29) is 12.8 Å². The summed E-state index contributed by atoms with van der Waals surface area (Å²) in [6.45, 7) is 0. The molecule has 74 valence electrons. The van der Waals surface area contributed by atoms with Crippen molar-refractivity contribution in [2.24, 2.45) is 11.8 Å². The highest BCUT2D eigenvalue weighted by atomic mass is 16.6. The van der Waals surface area contributed by atoms with Crippen molar-refractivity contribution in [3.8, 4) is 0 Å². The third-order valence-corrected chi connectivity index (χ3v) is 2.28. The summed E-state index contributed by atoms with van der Waals surface area (Å²) < 4.78 is 8.22. The van der Waals surface area contributed by atoms with Crippen LogP contribution in [0.15, 0.2) is 0 Å². The van der Waals surface area contributed by atoms with Crippen LogP contribution in [-0.2, 0) is 28.7 Å². The first-order valence-corrected chi connectivity index (χ1v) is 4.10. The Kier molecular flexibility index (Phi) is 1.83. The maximum Gasteiger partial charge on any atom is 0.328 e. The summed E-state index contributed by atoms with van der Waals surface area (Å²) in [7, 11) is 0. The molecule has 2 heterocycles. The van der Waals surface area contributed by atoms with E-state index in [2.05, 4.69) is 9.47 Å². The quantitative estimate of drug-likeness (QED) is 0.434. The molecule has 0 bridgehead atoms. The number of rotatable bonds is 3. The summed E-state index contributed by atoms with van der Waals surface area (Å²) in [5.74, 6) is -3.94. The zero-order chi connectivity index (χ0) is 10.3. The van der Waals surface area contributed by atoms with Gasteiger partial charge in [0.15, 0.2) is 11.8 Å². The van der Waals surface area contributed by atoms with E-state index in [0.29, 0.717) is 0 Å². The van der Waals surface area contributed by atoms with Gasteiger partial charge in [-0.3, -0.25) is 19.2 Å². The van der Waals surface area contributed by atoms with Gasteiger partial charge in [0.05, 0.1) is 0 Å². The van der Waals surface area contributed by atoms with E-state index in [0.717, 1.165) is 0 Å². The fourth-order valence-electron chi connectivity index (χ4n) is 1.36. The van der Waals surface area contributed by atoms with Crippen LogP contribution in [-0.4, -0.2) is 23.9 Å². The fourth-order valence-corrected chi connectivity index (χ4v) is 1.36. The van der Waals surface area contributed by atoms with Crippen molar-refractivity contribution in [1.82, 2.24) is 0 Å². The van der Waals surface area contributed by atoms with Crippen LogP contribution in [0.3, 0.4) is 0 Å². The lowest BCUT2D eigenvalue weighted by atomic mass is 9.91. The Morgan fingerprint density at radius 2 is 1.00 bits per heavy atom. The van der Waals surface area contributed by atoms with E-state index in [9.17, 15) is 19.2 Å². The monoisotopic (exact) mass is 198 g/mol. The Morgan fingerprint density at radius 3 is 1.21 bits per heavy atom. The lowest BCUT2D eigenvalue weighted by molar-refractivity contribution is -0.189. The van der Waals surface area contributed by atoms with Gasteiger partial charge >= 0.3 is 23.9 Å². The second kappa shape index (κ2) is 2.90. The van der Waals surface area contributed by atoms with Gasteiger partial charge in [0, 0.05) is 0 Å². The van der Waals surface area contributed by atoms with E-state index in [1.165, 1.54) is 0 Å². The molecule has 0 aliphatic carbocycles. The number of ether oxygens (including phenoxy) is 2. The van der Waals surface area contributed by atoms with Crippen LogP contribution >= 0.6 is 0 Å². The van der Waals surface area contributed by atoms with E-state index < -0.39 is 35.7 Å². The molecule has 2 rings (SSSR count). The molecule has 0 amide bonds. The lowest BCUT2D eigenvalue weighted by Crippen LogP contribution is -2.44. The molecule has 0 aromatic heterocycles. The Hall–Kier alpha value is -1.72. The highest BCUT2D eigenvalue weighted by molar-refractivity contribution is 6.10. The highest BCUT2D eigenvalue weighted by Gasteiger charge is 2.46. The van der Waals surface area contributed by atoms with Crippen molar-refractivity contribution >= 4 is 23.9 Å². The predicted molar refractivity (Wildman–Crippen MR) is 38.4 cm³/mol.